The van der Waals surface area contributed by atoms with Crippen molar-refractivity contribution in [3.8, 4) is 0 Å². The van der Waals surface area contributed by atoms with Crippen molar-refractivity contribution >= 4 is 23.2 Å². The minimum absolute atomic E-state index is 0.373. The van der Waals surface area contributed by atoms with Crippen LogP contribution in [0.4, 0.5) is 0 Å². The smallest absolute Gasteiger partial charge is 0.337 e. The number of nitrogens with zero attached hydrogens (tertiary/aromatic N) is 1. The second-order valence-corrected chi connectivity index (χ2v) is 6.64. The zero-order chi connectivity index (χ0) is 13.8. The van der Waals surface area contributed by atoms with Crippen LogP contribution in [0.5, 0.6) is 0 Å². The molecule has 18 heavy (non-hydrogen) atoms. The second-order valence-electron chi connectivity index (χ2n) is 4.71. The first-order chi connectivity index (χ1) is 8.34. The third-order valence-electron chi connectivity index (χ3n) is 2.15. The van der Waals surface area contributed by atoms with Crippen molar-refractivity contribution in [2.45, 2.75) is 25.5 Å². The summed E-state index contributed by atoms with van der Waals surface area (Å²) in [5.74, 6) is -0.378. The molecule has 0 aliphatic rings. The SMILES string of the molecule is COC(=O)c1ccc(/C=N/S(=O)C(C)(C)C)cc1. The molecule has 0 fully saturated rings. The summed E-state index contributed by atoms with van der Waals surface area (Å²) in [6.07, 6.45) is 1.54. The van der Waals surface area contributed by atoms with E-state index in [1.807, 2.05) is 20.8 Å². The van der Waals surface area contributed by atoms with E-state index in [4.69, 9.17) is 0 Å². The van der Waals surface area contributed by atoms with E-state index >= 15 is 0 Å². The maximum atomic E-state index is 11.7. The maximum Gasteiger partial charge on any atom is 0.337 e. The minimum Gasteiger partial charge on any atom is -0.465 e. The van der Waals surface area contributed by atoms with Crippen LogP contribution in [0.25, 0.3) is 0 Å². The summed E-state index contributed by atoms with van der Waals surface area (Å²) in [5, 5.41) is 0. The minimum atomic E-state index is -1.28. The topological polar surface area (TPSA) is 55.7 Å². The first-order valence-corrected chi connectivity index (χ1v) is 6.59. The van der Waals surface area contributed by atoms with Gasteiger partial charge < -0.3 is 4.74 Å². The van der Waals surface area contributed by atoms with Crippen molar-refractivity contribution in [2.75, 3.05) is 7.11 Å². The molecule has 0 aromatic heterocycles. The number of hydrogen-bond donors (Lipinski definition) is 0. The highest BCUT2D eigenvalue weighted by Gasteiger charge is 2.18. The molecule has 0 radical (unpaired) electrons. The lowest BCUT2D eigenvalue weighted by molar-refractivity contribution is 0.0600. The van der Waals surface area contributed by atoms with Gasteiger partial charge in [0, 0.05) is 6.21 Å². The second kappa shape index (κ2) is 5.91. The van der Waals surface area contributed by atoms with Gasteiger partial charge in [0.15, 0.2) is 0 Å². The van der Waals surface area contributed by atoms with Crippen LogP contribution < -0.4 is 0 Å². The highest BCUT2D eigenvalue weighted by molar-refractivity contribution is 7.85. The van der Waals surface area contributed by atoms with E-state index in [1.165, 1.54) is 7.11 Å². The molecule has 0 bridgehead atoms. The van der Waals surface area contributed by atoms with Crippen LogP contribution in [-0.4, -0.2) is 28.2 Å². The van der Waals surface area contributed by atoms with Gasteiger partial charge in [-0.1, -0.05) is 12.1 Å². The fourth-order valence-corrected chi connectivity index (χ4v) is 1.62. The average Bonchev–Trinajstić information content (AvgIpc) is 2.34. The van der Waals surface area contributed by atoms with Gasteiger partial charge in [0.25, 0.3) is 0 Å². The lowest BCUT2D eigenvalue weighted by Gasteiger charge is -2.12. The highest BCUT2D eigenvalue weighted by atomic mass is 32.2. The van der Waals surface area contributed by atoms with E-state index in [2.05, 4.69) is 9.13 Å². The first kappa shape index (κ1) is 14.6. The Labute approximate surface area is 110 Å². The van der Waals surface area contributed by atoms with Gasteiger partial charge in [0.05, 0.1) is 17.4 Å². The van der Waals surface area contributed by atoms with E-state index in [0.717, 1.165) is 5.56 Å². The Morgan fingerprint density at radius 2 is 1.83 bits per heavy atom. The number of benzene rings is 1. The molecule has 0 saturated carbocycles. The lowest BCUT2D eigenvalue weighted by atomic mass is 10.1. The molecule has 1 unspecified atom stereocenters. The molecule has 0 amide bonds. The summed E-state index contributed by atoms with van der Waals surface area (Å²) in [5.41, 5.74) is 1.27. The summed E-state index contributed by atoms with van der Waals surface area (Å²) in [6.45, 7) is 5.59. The number of esters is 1. The van der Waals surface area contributed by atoms with E-state index < -0.39 is 11.0 Å². The Bertz CT molecular complexity index is 472. The normalized spacial score (nSPS) is 13.6. The van der Waals surface area contributed by atoms with Gasteiger partial charge >= 0.3 is 5.97 Å². The molecule has 0 aliphatic heterocycles. The van der Waals surface area contributed by atoms with Gasteiger partial charge in [-0.2, -0.15) is 4.40 Å². The number of methoxy groups -OCH3 is 1. The summed E-state index contributed by atoms with van der Waals surface area (Å²) in [7, 11) is 0.0617. The molecule has 1 aromatic carbocycles. The van der Waals surface area contributed by atoms with Crippen LogP contribution in [0.2, 0.25) is 0 Å². The molecular weight excluding hydrogens is 250 g/mol. The fourth-order valence-electron chi connectivity index (χ4n) is 1.09. The molecule has 0 N–H and O–H groups in total. The number of rotatable bonds is 3. The lowest BCUT2D eigenvalue weighted by Crippen LogP contribution is -2.19. The highest BCUT2D eigenvalue weighted by Crippen LogP contribution is 2.12. The quantitative estimate of drug-likeness (QED) is 0.624. The Hall–Kier alpha value is -1.49. The van der Waals surface area contributed by atoms with Crippen molar-refractivity contribution in [3.63, 3.8) is 0 Å². The van der Waals surface area contributed by atoms with Crippen LogP contribution >= 0.6 is 0 Å². The third-order valence-corrected chi connectivity index (χ3v) is 3.50. The van der Waals surface area contributed by atoms with Gasteiger partial charge in [-0.05, 0) is 38.5 Å². The number of carbonyl (C=O) groups excluding carboxylic acids is 1. The summed E-state index contributed by atoms with van der Waals surface area (Å²) in [4.78, 5) is 11.2. The Morgan fingerprint density at radius 1 is 1.28 bits per heavy atom. The molecule has 5 heteroatoms. The van der Waals surface area contributed by atoms with Crippen LogP contribution in [0, 0.1) is 0 Å². The van der Waals surface area contributed by atoms with Gasteiger partial charge in [-0.15, -0.1) is 0 Å². The van der Waals surface area contributed by atoms with Crippen LogP contribution in [0.3, 0.4) is 0 Å². The Kier molecular flexibility index (Phi) is 4.78. The van der Waals surface area contributed by atoms with Crippen molar-refractivity contribution in [3.05, 3.63) is 35.4 Å². The zero-order valence-corrected chi connectivity index (χ0v) is 11.8. The Morgan fingerprint density at radius 3 is 2.28 bits per heavy atom. The Balaban J connectivity index is 2.79. The van der Waals surface area contributed by atoms with Gasteiger partial charge in [0.2, 0.25) is 0 Å². The third kappa shape index (κ3) is 4.07. The first-order valence-electron chi connectivity index (χ1n) is 5.49. The largest absolute Gasteiger partial charge is 0.465 e. The zero-order valence-electron chi connectivity index (χ0n) is 11.0. The number of ether oxygens (including phenoxy) is 1. The van der Waals surface area contributed by atoms with E-state index in [1.54, 1.807) is 30.5 Å². The predicted octanol–water partition coefficient (Wildman–Crippen LogP) is 2.35. The number of carbonyl (C=O) groups is 1. The molecule has 0 spiro atoms. The molecule has 0 heterocycles. The van der Waals surface area contributed by atoms with Crippen molar-refractivity contribution in [1.82, 2.24) is 0 Å². The van der Waals surface area contributed by atoms with Crippen molar-refractivity contribution in [1.29, 1.82) is 0 Å². The summed E-state index contributed by atoms with van der Waals surface area (Å²) < 4.78 is 19.9. The molecule has 0 saturated heterocycles. The van der Waals surface area contributed by atoms with Crippen LogP contribution in [0.1, 0.15) is 36.7 Å². The van der Waals surface area contributed by atoms with Crippen LogP contribution in [-0.2, 0) is 15.7 Å². The van der Waals surface area contributed by atoms with E-state index in [0.29, 0.717) is 5.56 Å². The van der Waals surface area contributed by atoms with Crippen molar-refractivity contribution in [2.24, 2.45) is 4.40 Å². The van der Waals surface area contributed by atoms with E-state index in [9.17, 15) is 9.00 Å². The maximum absolute atomic E-state index is 11.7. The van der Waals surface area contributed by atoms with E-state index in [-0.39, 0.29) is 10.7 Å². The van der Waals surface area contributed by atoms with Gasteiger partial charge in [-0.3, -0.25) is 0 Å². The average molecular weight is 267 g/mol. The molecule has 1 aromatic rings. The monoisotopic (exact) mass is 267 g/mol. The van der Waals surface area contributed by atoms with Gasteiger partial charge in [-0.25, -0.2) is 9.00 Å². The standard InChI is InChI=1S/C13H17NO3S/c1-13(2,3)18(16)14-9-10-5-7-11(8-6-10)12(15)17-4/h5-9H,1-4H3/b14-9+. The van der Waals surface area contributed by atoms with Crippen molar-refractivity contribution < 1.29 is 13.7 Å². The summed E-state index contributed by atoms with van der Waals surface area (Å²) >= 11 is 0. The molecule has 1 rings (SSSR count). The molecular formula is C13H17NO3S. The molecule has 0 aliphatic carbocycles. The fraction of sp³-hybridized carbons (Fsp3) is 0.385. The number of hydrogen-bond acceptors (Lipinski definition) is 3. The molecule has 1 atom stereocenters. The summed E-state index contributed by atoms with van der Waals surface area (Å²) in [6, 6.07) is 6.76. The molecule has 4 nitrogen and oxygen atoms in total. The van der Waals surface area contributed by atoms with Crippen LogP contribution in [0.15, 0.2) is 28.7 Å². The molecule has 98 valence electrons. The van der Waals surface area contributed by atoms with Gasteiger partial charge in [0.1, 0.15) is 11.0 Å². The predicted molar refractivity (Wildman–Crippen MR) is 73.3 cm³/mol.